The van der Waals surface area contributed by atoms with Gasteiger partial charge in [-0.1, -0.05) is 48.0 Å². The summed E-state index contributed by atoms with van der Waals surface area (Å²) < 4.78 is 5.26. The molecule has 6 nitrogen and oxygen atoms in total. The van der Waals surface area contributed by atoms with E-state index in [0.29, 0.717) is 5.69 Å². The molecule has 0 saturated heterocycles. The van der Waals surface area contributed by atoms with Crippen LogP contribution in [-0.4, -0.2) is 29.5 Å². The lowest BCUT2D eigenvalue weighted by atomic mass is 10.1. The Kier molecular flexibility index (Phi) is 6.64. The van der Waals surface area contributed by atoms with Gasteiger partial charge >= 0.3 is 0 Å². The fourth-order valence-corrected chi connectivity index (χ4v) is 3.40. The first-order valence-electron chi connectivity index (χ1n) is 10.7. The molecule has 1 heterocycles. The maximum Gasteiger partial charge on any atom is 0.246 e. The minimum absolute atomic E-state index is 0.112. The highest BCUT2D eigenvalue weighted by atomic mass is 16.5. The molecule has 0 radical (unpaired) electrons. The SMILES string of the molecule is COc1ccc(-c2cc(-c3ccc(C)cc3)nc(NC(=O)CNc3ccccc3C)n2)cc1. The molecular formula is C27H26N4O2. The number of carbonyl (C=O) groups excluding carboxylic acids is 1. The monoisotopic (exact) mass is 438 g/mol. The van der Waals surface area contributed by atoms with Crippen LogP contribution in [0.1, 0.15) is 11.1 Å². The van der Waals surface area contributed by atoms with Gasteiger partial charge in [0.1, 0.15) is 5.75 Å². The first-order chi connectivity index (χ1) is 16.0. The lowest BCUT2D eigenvalue weighted by molar-refractivity contribution is -0.114. The van der Waals surface area contributed by atoms with Crippen molar-refractivity contribution >= 4 is 17.5 Å². The van der Waals surface area contributed by atoms with Gasteiger partial charge in [-0.3, -0.25) is 10.1 Å². The van der Waals surface area contributed by atoms with Gasteiger partial charge in [-0.25, -0.2) is 9.97 Å². The predicted molar refractivity (Wildman–Crippen MR) is 132 cm³/mol. The molecule has 0 aliphatic heterocycles. The molecule has 0 atom stereocenters. The van der Waals surface area contributed by atoms with Crippen molar-refractivity contribution in [1.29, 1.82) is 0 Å². The van der Waals surface area contributed by atoms with Crippen LogP contribution in [0.5, 0.6) is 5.75 Å². The molecule has 0 unspecified atom stereocenters. The standard InChI is InChI=1S/C27H26N4O2/c1-18-8-10-20(11-9-18)24-16-25(21-12-14-22(33-3)15-13-21)30-27(29-24)31-26(32)17-28-23-7-5-4-6-19(23)2/h4-16,28H,17H2,1-3H3,(H,29,30,31,32). The maximum atomic E-state index is 12.7. The zero-order valence-corrected chi connectivity index (χ0v) is 18.9. The number of nitrogens with one attached hydrogen (secondary N) is 2. The number of rotatable bonds is 7. The molecule has 4 aromatic rings. The average molecular weight is 439 g/mol. The summed E-state index contributed by atoms with van der Waals surface area (Å²) in [7, 11) is 1.63. The van der Waals surface area contributed by atoms with E-state index in [0.717, 1.165) is 33.8 Å². The molecule has 0 spiro atoms. The van der Waals surface area contributed by atoms with Crippen LogP contribution in [0, 0.1) is 13.8 Å². The molecule has 0 saturated carbocycles. The summed E-state index contributed by atoms with van der Waals surface area (Å²) in [5.41, 5.74) is 6.46. The number of amides is 1. The Labute approximate surface area is 193 Å². The van der Waals surface area contributed by atoms with Crippen LogP contribution < -0.4 is 15.4 Å². The number of aromatic nitrogens is 2. The Morgan fingerprint density at radius 2 is 1.45 bits per heavy atom. The van der Waals surface area contributed by atoms with Gasteiger partial charge in [0.15, 0.2) is 0 Å². The Morgan fingerprint density at radius 1 is 0.848 bits per heavy atom. The van der Waals surface area contributed by atoms with Crippen molar-refractivity contribution in [2.45, 2.75) is 13.8 Å². The predicted octanol–water partition coefficient (Wildman–Crippen LogP) is 5.49. The molecule has 33 heavy (non-hydrogen) atoms. The van der Waals surface area contributed by atoms with E-state index >= 15 is 0 Å². The number of hydrogen-bond donors (Lipinski definition) is 2. The number of benzene rings is 3. The fourth-order valence-electron chi connectivity index (χ4n) is 3.40. The summed E-state index contributed by atoms with van der Waals surface area (Å²) in [5, 5.41) is 6.00. The molecule has 0 fully saturated rings. The summed E-state index contributed by atoms with van der Waals surface area (Å²) >= 11 is 0. The molecule has 0 aliphatic carbocycles. The Balaban J connectivity index is 1.61. The van der Waals surface area contributed by atoms with Crippen LogP contribution in [0.25, 0.3) is 22.5 Å². The van der Waals surface area contributed by atoms with E-state index in [2.05, 4.69) is 20.6 Å². The topological polar surface area (TPSA) is 76.1 Å². The molecule has 166 valence electrons. The number of methoxy groups -OCH3 is 1. The maximum absolute atomic E-state index is 12.7. The summed E-state index contributed by atoms with van der Waals surface area (Å²) in [6.07, 6.45) is 0. The summed E-state index contributed by atoms with van der Waals surface area (Å²) in [6.45, 7) is 4.15. The Bertz CT molecular complexity index is 1250. The molecule has 3 aromatic carbocycles. The highest BCUT2D eigenvalue weighted by molar-refractivity contribution is 5.92. The summed E-state index contributed by atoms with van der Waals surface area (Å²) in [5.74, 6) is 0.804. The zero-order chi connectivity index (χ0) is 23.2. The highest BCUT2D eigenvalue weighted by Crippen LogP contribution is 2.27. The lowest BCUT2D eigenvalue weighted by Crippen LogP contribution is -2.23. The fraction of sp³-hybridized carbons (Fsp3) is 0.148. The first-order valence-corrected chi connectivity index (χ1v) is 10.7. The van der Waals surface area contributed by atoms with Gasteiger partial charge in [0, 0.05) is 16.8 Å². The second-order valence-corrected chi connectivity index (χ2v) is 7.77. The Morgan fingerprint density at radius 3 is 2.06 bits per heavy atom. The second kappa shape index (κ2) is 9.96. The molecule has 0 bridgehead atoms. The third-order valence-corrected chi connectivity index (χ3v) is 5.29. The van der Waals surface area contributed by atoms with Gasteiger partial charge < -0.3 is 10.1 Å². The largest absolute Gasteiger partial charge is 0.497 e. The number of carbonyl (C=O) groups is 1. The molecule has 6 heteroatoms. The Hall–Kier alpha value is -4.19. The van der Waals surface area contributed by atoms with Gasteiger partial charge in [0.25, 0.3) is 0 Å². The van der Waals surface area contributed by atoms with Gasteiger partial charge in [-0.2, -0.15) is 0 Å². The molecule has 0 aliphatic rings. The van der Waals surface area contributed by atoms with Crippen molar-refractivity contribution in [2.24, 2.45) is 0 Å². The van der Waals surface area contributed by atoms with E-state index in [1.165, 1.54) is 5.56 Å². The number of hydrogen-bond acceptors (Lipinski definition) is 5. The van der Waals surface area contributed by atoms with Crippen molar-refractivity contribution in [2.75, 3.05) is 24.3 Å². The van der Waals surface area contributed by atoms with Crippen molar-refractivity contribution < 1.29 is 9.53 Å². The van der Waals surface area contributed by atoms with E-state index in [-0.39, 0.29) is 18.4 Å². The van der Waals surface area contributed by atoms with Crippen molar-refractivity contribution in [3.8, 4) is 28.3 Å². The van der Waals surface area contributed by atoms with Crippen molar-refractivity contribution in [1.82, 2.24) is 9.97 Å². The van der Waals surface area contributed by atoms with Crippen LogP contribution in [-0.2, 0) is 4.79 Å². The zero-order valence-electron chi connectivity index (χ0n) is 18.9. The number of para-hydroxylation sites is 1. The molecular weight excluding hydrogens is 412 g/mol. The molecule has 4 rings (SSSR count). The van der Waals surface area contributed by atoms with Crippen LogP contribution >= 0.6 is 0 Å². The first kappa shape index (κ1) is 22.0. The number of aryl methyl sites for hydroxylation is 2. The summed E-state index contributed by atoms with van der Waals surface area (Å²) in [4.78, 5) is 21.9. The molecule has 1 aromatic heterocycles. The van der Waals surface area contributed by atoms with E-state index in [9.17, 15) is 4.79 Å². The number of ether oxygens (including phenoxy) is 1. The molecule has 2 N–H and O–H groups in total. The smallest absolute Gasteiger partial charge is 0.246 e. The van der Waals surface area contributed by atoms with E-state index in [1.54, 1.807) is 7.11 Å². The summed E-state index contributed by atoms with van der Waals surface area (Å²) in [6, 6.07) is 25.5. The number of nitrogens with zero attached hydrogens (tertiary/aromatic N) is 2. The van der Waals surface area contributed by atoms with Gasteiger partial charge in [0.2, 0.25) is 11.9 Å². The highest BCUT2D eigenvalue weighted by Gasteiger charge is 2.12. The molecule has 1 amide bonds. The van der Waals surface area contributed by atoms with Crippen LogP contribution in [0.15, 0.2) is 78.9 Å². The van der Waals surface area contributed by atoms with Crippen molar-refractivity contribution in [3.05, 3.63) is 90.0 Å². The lowest BCUT2D eigenvalue weighted by Gasteiger charge is -2.12. The minimum Gasteiger partial charge on any atom is -0.497 e. The van der Waals surface area contributed by atoms with Gasteiger partial charge in [0.05, 0.1) is 25.0 Å². The average Bonchev–Trinajstić information content (AvgIpc) is 2.84. The van der Waals surface area contributed by atoms with Crippen LogP contribution in [0.3, 0.4) is 0 Å². The van der Waals surface area contributed by atoms with Gasteiger partial charge in [-0.05, 0) is 55.8 Å². The second-order valence-electron chi connectivity index (χ2n) is 7.77. The van der Waals surface area contributed by atoms with E-state index in [4.69, 9.17) is 4.74 Å². The van der Waals surface area contributed by atoms with Gasteiger partial charge in [-0.15, -0.1) is 0 Å². The van der Waals surface area contributed by atoms with Crippen LogP contribution in [0.4, 0.5) is 11.6 Å². The normalized spacial score (nSPS) is 10.5. The third-order valence-electron chi connectivity index (χ3n) is 5.29. The minimum atomic E-state index is -0.222. The number of anilines is 2. The van der Waals surface area contributed by atoms with E-state index < -0.39 is 0 Å². The van der Waals surface area contributed by atoms with E-state index in [1.807, 2.05) is 92.7 Å². The third kappa shape index (κ3) is 5.54. The van der Waals surface area contributed by atoms with Crippen LogP contribution in [0.2, 0.25) is 0 Å². The quantitative estimate of drug-likeness (QED) is 0.399. The van der Waals surface area contributed by atoms with Crippen molar-refractivity contribution in [3.63, 3.8) is 0 Å².